The van der Waals surface area contributed by atoms with Crippen molar-refractivity contribution in [1.29, 1.82) is 0 Å². The molecule has 4 nitrogen and oxygen atoms in total. The van der Waals surface area contributed by atoms with Crippen LogP contribution in [0.4, 0.5) is 0 Å². The van der Waals surface area contributed by atoms with Crippen LogP contribution in [0.3, 0.4) is 0 Å². The molecule has 4 heteroatoms. The van der Waals surface area contributed by atoms with Gasteiger partial charge in [0.1, 0.15) is 0 Å². The van der Waals surface area contributed by atoms with Crippen molar-refractivity contribution in [2.45, 2.75) is 32.7 Å². The predicted molar refractivity (Wildman–Crippen MR) is 56.3 cm³/mol. The van der Waals surface area contributed by atoms with E-state index in [1.165, 1.54) is 0 Å². The van der Waals surface area contributed by atoms with Crippen molar-refractivity contribution in [2.24, 2.45) is 4.99 Å². The van der Waals surface area contributed by atoms with Crippen molar-refractivity contribution >= 4 is 6.40 Å². The molecule has 1 aliphatic rings. The molecular weight excluding hydrogens is 180 g/mol. The van der Waals surface area contributed by atoms with Gasteiger partial charge in [-0.05, 0) is 13.3 Å². The van der Waals surface area contributed by atoms with E-state index in [1.807, 2.05) is 5.06 Å². The first-order valence-electron chi connectivity index (χ1n) is 5.34. The Bertz CT molecular complexity index is 168. The number of hydrogen-bond donors (Lipinski definition) is 0. The van der Waals surface area contributed by atoms with Crippen LogP contribution in [0.25, 0.3) is 0 Å². The maximum Gasteiger partial charge on any atom is 0.196 e. The third-order valence-electron chi connectivity index (χ3n) is 2.19. The smallest absolute Gasteiger partial charge is 0.196 e. The summed E-state index contributed by atoms with van der Waals surface area (Å²) in [6.45, 7) is 7.41. The summed E-state index contributed by atoms with van der Waals surface area (Å²) in [5, 5.41) is 1.88. The van der Waals surface area contributed by atoms with Gasteiger partial charge in [-0.15, -0.1) is 5.06 Å². The monoisotopic (exact) mass is 200 g/mol. The summed E-state index contributed by atoms with van der Waals surface area (Å²) in [5.41, 5.74) is 0. The first-order valence-corrected chi connectivity index (χ1v) is 5.34. The molecule has 0 amide bonds. The van der Waals surface area contributed by atoms with Gasteiger partial charge in [-0.1, -0.05) is 13.3 Å². The number of hydroxylamine groups is 2. The molecule has 0 aromatic carbocycles. The lowest BCUT2D eigenvalue weighted by atomic mass is 10.2. The number of nitrogens with zero attached hydrogens (tertiary/aromatic N) is 2. The summed E-state index contributed by atoms with van der Waals surface area (Å²) in [6.07, 6.45) is 3.84. The maximum atomic E-state index is 5.36. The standard InChI is InChI=1S/C10H20N2O2/c1-3-4-10(2)11-9-14-12-5-7-13-8-6-12/h9-10H,3-8H2,1-2H3/b11-9+. The van der Waals surface area contributed by atoms with Crippen LogP contribution in [0.1, 0.15) is 26.7 Å². The highest BCUT2D eigenvalue weighted by molar-refractivity contribution is 5.46. The molecule has 1 atom stereocenters. The maximum absolute atomic E-state index is 5.36. The van der Waals surface area contributed by atoms with E-state index < -0.39 is 0 Å². The number of rotatable bonds is 5. The Morgan fingerprint density at radius 2 is 2.21 bits per heavy atom. The summed E-state index contributed by atoms with van der Waals surface area (Å²) in [4.78, 5) is 9.64. The van der Waals surface area contributed by atoms with E-state index in [0.29, 0.717) is 6.04 Å². The quantitative estimate of drug-likeness (QED) is 0.498. The normalized spacial score (nSPS) is 21.3. The summed E-state index contributed by atoms with van der Waals surface area (Å²) in [5.74, 6) is 0. The van der Waals surface area contributed by atoms with Crippen molar-refractivity contribution in [1.82, 2.24) is 5.06 Å². The molecular formula is C10H20N2O2. The van der Waals surface area contributed by atoms with E-state index in [-0.39, 0.29) is 0 Å². The lowest BCUT2D eigenvalue weighted by Gasteiger charge is -2.24. The zero-order chi connectivity index (χ0) is 10.2. The number of morpholine rings is 1. The minimum absolute atomic E-state index is 0.362. The van der Waals surface area contributed by atoms with Crippen molar-refractivity contribution < 1.29 is 9.57 Å². The molecule has 0 bridgehead atoms. The molecule has 1 saturated heterocycles. The van der Waals surface area contributed by atoms with Gasteiger partial charge < -0.3 is 9.57 Å². The first kappa shape index (κ1) is 11.5. The van der Waals surface area contributed by atoms with Gasteiger partial charge in [0.15, 0.2) is 6.40 Å². The molecule has 14 heavy (non-hydrogen) atoms. The fraction of sp³-hybridized carbons (Fsp3) is 0.900. The van der Waals surface area contributed by atoms with E-state index in [4.69, 9.17) is 9.57 Å². The highest BCUT2D eigenvalue weighted by atomic mass is 16.7. The van der Waals surface area contributed by atoms with Crippen LogP contribution >= 0.6 is 0 Å². The zero-order valence-corrected chi connectivity index (χ0v) is 9.11. The Balaban J connectivity index is 2.11. The van der Waals surface area contributed by atoms with Crippen LogP contribution in [-0.4, -0.2) is 43.8 Å². The first-order chi connectivity index (χ1) is 6.83. The highest BCUT2D eigenvalue weighted by Gasteiger charge is 2.09. The van der Waals surface area contributed by atoms with E-state index in [9.17, 15) is 0 Å². The van der Waals surface area contributed by atoms with Gasteiger partial charge >= 0.3 is 0 Å². The van der Waals surface area contributed by atoms with E-state index in [0.717, 1.165) is 39.1 Å². The summed E-state index contributed by atoms with van der Waals surface area (Å²) >= 11 is 0. The summed E-state index contributed by atoms with van der Waals surface area (Å²) in [7, 11) is 0. The van der Waals surface area contributed by atoms with E-state index in [1.54, 1.807) is 6.40 Å². The predicted octanol–water partition coefficient (Wildman–Crippen LogP) is 1.47. The SMILES string of the molecule is CCCC(C)/N=C/ON1CCOCC1. The topological polar surface area (TPSA) is 34.1 Å². The Labute approximate surface area is 85.9 Å². The van der Waals surface area contributed by atoms with Crippen molar-refractivity contribution in [3.8, 4) is 0 Å². The minimum atomic E-state index is 0.362. The minimum Gasteiger partial charge on any atom is -0.394 e. The van der Waals surface area contributed by atoms with E-state index in [2.05, 4.69) is 18.8 Å². The fourth-order valence-corrected chi connectivity index (χ4v) is 1.34. The molecule has 0 radical (unpaired) electrons. The third kappa shape index (κ3) is 4.58. The third-order valence-corrected chi connectivity index (χ3v) is 2.19. The highest BCUT2D eigenvalue weighted by Crippen LogP contribution is 2.00. The van der Waals surface area contributed by atoms with Crippen LogP contribution in [0.15, 0.2) is 4.99 Å². The van der Waals surface area contributed by atoms with Crippen LogP contribution in [-0.2, 0) is 9.57 Å². The van der Waals surface area contributed by atoms with Gasteiger partial charge in [0.2, 0.25) is 0 Å². The molecule has 1 rings (SSSR count). The molecule has 0 saturated carbocycles. The van der Waals surface area contributed by atoms with E-state index >= 15 is 0 Å². The number of ether oxygens (including phenoxy) is 1. The second-order valence-corrected chi connectivity index (χ2v) is 3.54. The molecule has 0 spiro atoms. The average molecular weight is 200 g/mol. The molecule has 1 fully saturated rings. The fourth-order valence-electron chi connectivity index (χ4n) is 1.34. The lowest BCUT2D eigenvalue weighted by molar-refractivity contribution is -0.124. The molecule has 1 aliphatic heterocycles. The Morgan fingerprint density at radius 1 is 1.50 bits per heavy atom. The van der Waals surface area contributed by atoms with Gasteiger partial charge in [-0.3, -0.25) is 4.99 Å². The van der Waals surface area contributed by atoms with Gasteiger partial charge in [0.05, 0.1) is 32.3 Å². The van der Waals surface area contributed by atoms with Crippen LogP contribution in [0, 0.1) is 0 Å². The summed E-state index contributed by atoms with van der Waals surface area (Å²) < 4.78 is 5.20. The lowest BCUT2D eigenvalue weighted by Crippen LogP contribution is -2.36. The zero-order valence-electron chi connectivity index (χ0n) is 9.11. The Kier molecular flexibility index (Phi) is 5.56. The second-order valence-electron chi connectivity index (χ2n) is 3.54. The van der Waals surface area contributed by atoms with Crippen molar-refractivity contribution in [2.75, 3.05) is 26.3 Å². The molecule has 82 valence electrons. The Morgan fingerprint density at radius 3 is 2.86 bits per heavy atom. The number of hydrogen-bond acceptors (Lipinski definition) is 4. The van der Waals surface area contributed by atoms with Crippen LogP contribution in [0.5, 0.6) is 0 Å². The molecule has 0 aromatic heterocycles. The largest absolute Gasteiger partial charge is 0.394 e. The molecule has 0 aliphatic carbocycles. The molecule has 1 unspecified atom stereocenters. The molecule has 0 aromatic rings. The van der Waals surface area contributed by atoms with Crippen LogP contribution in [0.2, 0.25) is 0 Å². The van der Waals surface area contributed by atoms with Gasteiger partial charge in [-0.25, -0.2) is 0 Å². The molecule has 1 heterocycles. The van der Waals surface area contributed by atoms with Crippen molar-refractivity contribution in [3.05, 3.63) is 0 Å². The second kappa shape index (κ2) is 6.79. The van der Waals surface area contributed by atoms with Gasteiger partial charge in [-0.2, -0.15) is 0 Å². The number of aliphatic imine (C=N–C) groups is 1. The molecule has 0 N–H and O–H groups in total. The van der Waals surface area contributed by atoms with Gasteiger partial charge in [0.25, 0.3) is 0 Å². The van der Waals surface area contributed by atoms with Gasteiger partial charge in [0, 0.05) is 0 Å². The Hall–Kier alpha value is -0.610. The van der Waals surface area contributed by atoms with Crippen molar-refractivity contribution in [3.63, 3.8) is 0 Å². The summed E-state index contributed by atoms with van der Waals surface area (Å²) in [6, 6.07) is 0.362. The van der Waals surface area contributed by atoms with Crippen LogP contribution < -0.4 is 0 Å². The average Bonchev–Trinajstić information content (AvgIpc) is 2.20.